The lowest BCUT2D eigenvalue weighted by molar-refractivity contribution is -0.134. The van der Waals surface area contributed by atoms with Gasteiger partial charge in [-0.1, -0.05) is 0 Å². The molecule has 0 heterocycles. The number of aliphatic hydroxyl groups excluding tert-OH is 1. The van der Waals surface area contributed by atoms with Gasteiger partial charge in [-0.05, 0) is 20.8 Å². The molecule has 0 saturated heterocycles. The molecular formula is C7H16O4. The summed E-state index contributed by atoms with van der Waals surface area (Å²) in [6, 6.07) is 0. The molecule has 0 atom stereocenters. The van der Waals surface area contributed by atoms with E-state index < -0.39 is 5.97 Å². The molecule has 0 aliphatic rings. The third-order valence-corrected chi connectivity index (χ3v) is 0. The first-order valence-corrected chi connectivity index (χ1v) is 3.16. The van der Waals surface area contributed by atoms with Gasteiger partial charge < -0.3 is 15.0 Å². The fraction of sp³-hybridized carbons (Fsp3) is 0.714. The van der Waals surface area contributed by atoms with E-state index in [1.54, 1.807) is 6.92 Å². The highest BCUT2D eigenvalue weighted by molar-refractivity contribution is 5.72. The van der Waals surface area contributed by atoms with Crippen LogP contribution in [0.2, 0.25) is 0 Å². The van der Waals surface area contributed by atoms with Crippen LogP contribution in [0.5, 0.6) is 0 Å². The number of hydrogen-bond acceptors (Lipinski definition) is 3. The van der Waals surface area contributed by atoms with Gasteiger partial charge in [0, 0.05) is 13.5 Å². The van der Waals surface area contributed by atoms with Gasteiger partial charge in [0.25, 0.3) is 5.97 Å². The van der Waals surface area contributed by atoms with Crippen molar-refractivity contribution in [1.29, 1.82) is 0 Å². The summed E-state index contributed by atoms with van der Waals surface area (Å²) in [6.07, 6.45) is 0. The summed E-state index contributed by atoms with van der Waals surface area (Å²) >= 11 is 0. The third kappa shape index (κ3) is 566. The van der Waals surface area contributed by atoms with Crippen molar-refractivity contribution >= 4 is 11.8 Å². The van der Waals surface area contributed by atoms with E-state index in [4.69, 9.17) is 15.0 Å². The number of rotatable bonds is 0. The lowest BCUT2D eigenvalue weighted by Gasteiger charge is -1.59. The zero-order chi connectivity index (χ0) is 9.86. The van der Waals surface area contributed by atoms with Gasteiger partial charge in [-0.15, -0.1) is 0 Å². The van der Waals surface area contributed by atoms with Crippen molar-refractivity contribution in [3.05, 3.63) is 0 Å². The molecule has 2 N–H and O–H groups in total. The zero-order valence-electron chi connectivity index (χ0n) is 7.42. The van der Waals surface area contributed by atoms with Crippen LogP contribution in [0.4, 0.5) is 0 Å². The van der Waals surface area contributed by atoms with Crippen molar-refractivity contribution in [1.82, 2.24) is 0 Å². The summed E-state index contributed by atoms with van der Waals surface area (Å²) in [6.45, 7) is 6.07. The van der Waals surface area contributed by atoms with E-state index in [-0.39, 0.29) is 12.4 Å². The Morgan fingerprint density at radius 1 is 1.18 bits per heavy atom. The summed E-state index contributed by atoms with van der Waals surface area (Å²) in [5.74, 6) is -0.667. The maximum Gasteiger partial charge on any atom is 0.300 e. The van der Waals surface area contributed by atoms with Crippen LogP contribution in [0.1, 0.15) is 27.7 Å². The van der Waals surface area contributed by atoms with Crippen molar-refractivity contribution in [2.45, 2.75) is 27.7 Å². The Balaban J connectivity index is -0.0000000886. The Kier molecular flexibility index (Phi) is 24.2. The smallest absolute Gasteiger partial charge is 0.300 e. The van der Waals surface area contributed by atoms with Crippen LogP contribution < -0.4 is 0 Å². The minimum absolute atomic E-state index is 0.167. The van der Waals surface area contributed by atoms with Crippen molar-refractivity contribution in [2.24, 2.45) is 0 Å². The molecular weight excluding hydrogens is 148 g/mol. The highest BCUT2D eigenvalue weighted by Gasteiger charge is 1.65. The molecule has 0 bridgehead atoms. The molecule has 0 aliphatic heterocycles. The number of hydrogen-bond donors (Lipinski definition) is 2. The summed E-state index contributed by atoms with van der Waals surface area (Å²) in [5.41, 5.74) is 0. The number of carboxylic acid groups (broad SMARTS) is 1. The standard InChI is InChI=1S/C3H6O.C2H4O2.C2H6O/c1-3(2)4;1-2(3)4;1-2-3/h1-2H3;1H3,(H,3,4);3H,2H2,1H3. The Labute approximate surface area is 66.9 Å². The second kappa shape index (κ2) is 16.0. The largest absolute Gasteiger partial charge is 0.481 e. The van der Waals surface area contributed by atoms with Gasteiger partial charge in [0.2, 0.25) is 0 Å². The summed E-state index contributed by atoms with van der Waals surface area (Å²) < 4.78 is 0. The number of Topliss-reactive ketones (excluding diaryl/α,β-unsaturated/α-hetero) is 1. The minimum Gasteiger partial charge on any atom is -0.481 e. The monoisotopic (exact) mass is 164 g/mol. The number of carbonyl (C=O) groups excluding carboxylic acids is 1. The fourth-order valence-corrected chi connectivity index (χ4v) is 0. The Morgan fingerprint density at radius 2 is 1.18 bits per heavy atom. The molecule has 0 unspecified atom stereocenters. The average molecular weight is 164 g/mol. The van der Waals surface area contributed by atoms with Crippen LogP contribution in [0.15, 0.2) is 0 Å². The second-order valence-electron chi connectivity index (χ2n) is 1.74. The Hall–Kier alpha value is -0.900. The maximum absolute atomic E-state index is 9.44. The van der Waals surface area contributed by atoms with E-state index in [9.17, 15) is 4.79 Å². The predicted octanol–water partition coefficient (Wildman–Crippen LogP) is 0.685. The molecule has 0 saturated carbocycles. The summed E-state index contributed by atoms with van der Waals surface area (Å²) in [5, 5.41) is 15.0. The van der Waals surface area contributed by atoms with E-state index in [1.165, 1.54) is 13.8 Å². The van der Waals surface area contributed by atoms with E-state index in [2.05, 4.69) is 0 Å². The van der Waals surface area contributed by atoms with Crippen molar-refractivity contribution < 1.29 is 19.8 Å². The van der Waals surface area contributed by atoms with Crippen LogP contribution in [-0.4, -0.2) is 28.6 Å². The molecule has 0 fully saturated rings. The molecule has 0 aromatic carbocycles. The molecule has 11 heavy (non-hydrogen) atoms. The third-order valence-electron chi connectivity index (χ3n) is 0. The first kappa shape index (κ1) is 16.6. The van der Waals surface area contributed by atoms with Crippen LogP contribution >= 0.6 is 0 Å². The number of carboxylic acids is 1. The van der Waals surface area contributed by atoms with Crippen LogP contribution in [0.3, 0.4) is 0 Å². The maximum atomic E-state index is 9.44. The normalized spacial score (nSPS) is 6.27. The molecule has 0 aromatic rings. The molecule has 0 aliphatic carbocycles. The van der Waals surface area contributed by atoms with E-state index >= 15 is 0 Å². The second-order valence-corrected chi connectivity index (χ2v) is 1.74. The molecule has 4 nitrogen and oxygen atoms in total. The highest BCUT2D eigenvalue weighted by atomic mass is 16.4. The molecule has 4 heteroatoms. The lowest BCUT2D eigenvalue weighted by atomic mass is 10.6. The van der Waals surface area contributed by atoms with Gasteiger partial charge >= 0.3 is 0 Å². The van der Waals surface area contributed by atoms with Crippen molar-refractivity contribution in [3.8, 4) is 0 Å². The minimum atomic E-state index is -0.833. The van der Waals surface area contributed by atoms with Crippen molar-refractivity contribution in [2.75, 3.05) is 6.61 Å². The summed E-state index contributed by atoms with van der Waals surface area (Å²) in [4.78, 5) is 18.4. The number of aliphatic carboxylic acids is 1. The first-order valence-electron chi connectivity index (χ1n) is 3.16. The molecule has 0 spiro atoms. The van der Waals surface area contributed by atoms with Gasteiger partial charge in [-0.3, -0.25) is 4.79 Å². The first-order chi connectivity index (χ1) is 4.88. The summed E-state index contributed by atoms with van der Waals surface area (Å²) in [7, 11) is 0. The Morgan fingerprint density at radius 3 is 1.18 bits per heavy atom. The van der Waals surface area contributed by atoms with Gasteiger partial charge in [-0.2, -0.15) is 0 Å². The number of aliphatic hydroxyl groups is 1. The van der Waals surface area contributed by atoms with E-state index in [1.807, 2.05) is 0 Å². The van der Waals surface area contributed by atoms with E-state index in [0.717, 1.165) is 6.92 Å². The van der Waals surface area contributed by atoms with Crippen LogP contribution in [0.25, 0.3) is 0 Å². The molecule has 0 radical (unpaired) electrons. The van der Waals surface area contributed by atoms with Crippen molar-refractivity contribution in [3.63, 3.8) is 0 Å². The fourth-order valence-electron chi connectivity index (χ4n) is 0. The number of ketones is 1. The highest BCUT2D eigenvalue weighted by Crippen LogP contribution is 1.50. The van der Waals surface area contributed by atoms with E-state index in [0.29, 0.717) is 0 Å². The molecule has 0 amide bonds. The topological polar surface area (TPSA) is 74.6 Å². The zero-order valence-corrected chi connectivity index (χ0v) is 7.42. The number of carbonyl (C=O) groups is 2. The van der Waals surface area contributed by atoms with Gasteiger partial charge in [0.1, 0.15) is 5.78 Å². The van der Waals surface area contributed by atoms with Crippen LogP contribution in [0, 0.1) is 0 Å². The van der Waals surface area contributed by atoms with Gasteiger partial charge in [0.15, 0.2) is 0 Å². The van der Waals surface area contributed by atoms with Crippen LogP contribution in [-0.2, 0) is 9.59 Å². The SMILES string of the molecule is CC(=O)O.CC(C)=O.CCO. The molecule has 68 valence electrons. The molecule has 0 rings (SSSR count). The lowest BCUT2D eigenvalue weighted by Crippen LogP contribution is -1.78. The molecule has 0 aromatic heterocycles. The quantitative estimate of drug-likeness (QED) is 0.552. The Bertz CT molecular complexity index is 78.6. The predicted molar refractivity (Wildman–Crippen MR) is 42.4 cm³/mol. The van der Waals surface area contributed by atoms with Gasteiger partial charge in [0.05, 0.1) is 0 Å². The average Bonchev–Trinajstić information content (AvgIpc) is 1.60. The van der Waals surface area contributed by atoms with Gasteiger partial charge in [-0.25, -0.2) is 0 Å².